The minimum absolute atomic E-state index is 0.172. The van der Waals surface area contributed by atoms with E-state index in [1.165, 1.54) is 22.5 Å². The molecule has 7 heteroatoms. The molecule has 3 rings (SSSR count). The zero-order valence-electron chi connectivity index (χ0n) is 13.7. The first-order chi connectivity index (χ1) is 11.4. The molecule has 0 amide bonds. The van der Waals surface area contributed by atoms with Gasteiger partial charge in [0.15, 0.2) is 0 Å². The maximum absolute atomic E-state index is 13.2. The number of aromatic nitrogens is 2. The molecule has 24 heavy (non-hydrogen) atoms. The Bertz CT molecular complexity index is 847. The first-order valence-electron chi connectivity index (χ1n) is 7.94. The Balaban J connectivity index is 1.76. The average molecular weight is 349 g/mol. The number of halogens is 1. The lowest BCUT2D eigenvalue weighted by atomic mass is 9.97. The molecule has 0 bridgehead atoms. The Morgan fingerprint density at radius 3 is 2.50 bits per heavy atom. The van der Waals surface area contributed by atoms with E-state index in [2.05, 4.69) is 9.97 Å². The monoisotopic (exact) mass is 349 g/mol. The summed E-state index contributed by atoms with van der Waals surface area (Å²) in [5, 5.41) is 0. The number of hydrogen-bond acceptors (Lipinski definition) is 4. The van der Waals surface area contributed by atoms with E-state index in [0.29, 0.717) is 31.5 Å². The van der Waals surface area contributed by atoms with E-state index < -0.39 is 15.8 Å². The normalized spacial score (nSPS) is 17.1. The summed E-state index contributed by atoms with van der Waals surface area (Å²) in [5.74, 6) is 0.525. The minimum Gasteiger partial charge on any atom is -0.241 e. The summed E-state index contributed by atoms with van der Waals surface area (Å²) in [6.45, 7) is 4.37. The third-order valence-electron chi connectivity index (χ3n) is 4.39. The minimum atomic E-state index is -3.60. The fourth-order valence-electron chi connectivity index (χ4n) is 3.06. The quantitative estimate of drug-likeness (QED) is 0.855. The van der Waals surface area contributed by atoms with Gasteiger partial charge in [0.05, 0.1) is 4.90 Å². The molecule has 1 aliphatic rings. The van der Waals surface area contributed by atoms with Gasteiger partial charge in [-0.3, -0.25) is 0 Å². The lowest BCUT2D eigenvalue weighted by Gasteiger charge is -2.30. The van der Waals surface area contributed by atoms with Crippen molar-refractivity contribution in [1.29, 1.82) is 0 Å². The van der Waals surface area contributed by atoms with Gasteiger partial charge in [-0.15, -0.1) is 0 Å². The summed E-state index contributed by atoms with van der Waals surface area (Å²) in [5.41, 5.74) is 1.34. The molecule has 1 saturated heterocycles. The molecule has 1 aliphatic heterocycles. The van der Waals surface area contributed by atoms with Gasteiger partial charge < -0.3 is 0 Å². The van der Waals surface area contributed by atoms with E-state index in [4.69, 9.17) is 0 Å². The van der Waals surface area contributed by atoms with Crippen molar-refractivity contribution >= 4 is 10.0 Å². The zero-order valence-corrected chi connectivity index (χ0v) is 14.6. The molecule has 5 nitrogen and oxygen atoms in total. The highest BCUT2D eigenvalue weighted by atomic mass is 32.2. The zero-order chi connectivity index (χ0) is 17.3. The summed E-state index contributed by atoms with van der Waals surface area (Å²) in [6, 6.07) is 5.63. The molecule has 2 heterocycles. The first-order valence-corrected chi connectivity index (χ1v) is 9.38. The average Bonchev–Trinajstić information content (AvgIpc) is 2.54. The third-order valence-corrected chi connectivity index (χ3v) is 6.45. The van der Waals surface area contributed by atoms with Gasteiger partial charge >= 0.3 is 0 Å². The Hall–Kier alpha value is -1.86. The van der Waals surface area contributed by atoms with Gasteiger partial charge in [0, 0.05) is 30.9 Å². The number of benzene rings is 1. The van der Waals surface area contributed by atoms with Gasteiger partial charge in [-0.2, -0.15) is 4.31 Å². The van der Waals surface area contributed by atoms with Gasteiger partial charge in [0.1, 0.15) is 11.6 Å². The van der Waals surface area contributed by atoms with Crippen molar-refractivity contribution in [2.75, 3.05) is 13.1 Å². The van der Waals surface area contributed by atoms with Crippen LogP contribution >= 0.6 is 0 Å². The van der Waals surface area contributed by atoms with Crippen LogP contribution < -0.4 is 0 Å². The number of hydrogen-bond donors (Lipinski definition) is 0. The number of rotatable bonds is 3. The molecule has 1 fully saturated rings. The summed E-state index contributed by atoms with van der Waals surface area (Å²) in [6.07, 6.45) is 3.11. The molecule has 1 aromatic heterocycles. The molecule has 0 aliphatic carbocycles. The summed E-state index contributed by atoms with van der Waals surface area (Å²) < 4.78 is 40.3. The Kier molecular flexibility index (Phi) is 4.64. The van der Waals surface area contributed by atoms with Crippen LogP contribution in [0.3, 0.4) is 0 Å². The van der Waals surface area contributed by atoms with Crippen LogP contribution in [0.1, 0.15) is 35.8 Å². The standard InChI is InChI=1S/C17H20FN3O2S/c1-12-11-15(18)3-4-16(12)24(22,23)21-9-6-14(7-10-21)17-19-8-5-13(2)20-17/h3-5,8,11,14H,6-7,9-10H2,1-2H3. The van der Waals surface area contributed by atoms with Gasteiger partial charge in [-0.05, 0) is 56.5 Å². The van der Waals surface area contributed by atoms with Crippen LogP contribution in [0.25, 0.3) is 0 Å². The molecular weight excluding hydrogens is 329 g/mol. The van der Waals surface area contributed by atoms with Crippen LogP contribution in [0.5, 0.6) is 0 Å². The van der Waals surface area contributed by atoms with Crippen molar-refractivity contribution in [3.63, 3.8) is 0 Å². The SMILES string of the molecule is Cc1ccnc(C2CCN(S(=O)(=O)c3ccc(F)cc3C)CC2)n1. The van der Waals surface area contributed by atoms with Gasteiger partial charge in [0.25, 0.3) is 0 Å². The molecule has 0 saturated carbocycles. The molecule has 128 valence electrons. The number of nitrogens with zero attached hydrogens (tertiary/aromatic N) is 3. The van der Waals surface area contributed by atoms with E-state index in [0.717, 1.165) is 11.5 Å². The third kappa shape index (κ3) is 3.32. The van der Waals surface area contributed by atoms with Gasteiger partial charge in [-0.25, -0.2) is 22.8 Å². The number of aryl methyl sites for hydroxylation is 2. The van der Waals surface area contributed by atoms with Crippen molar-refractivity contribution in [2.24, 2.45) is 0 Å². The molecular formula is C17H20FN3O2S. The van der Waals surface area contributed by atoms with Crippen LogP contribution in [0, 0.1) is 19.7 Å². The topological polar surface area (TPSA) is 63.2 Å². The molecule has 0 unspecified atom stereocenters. The molecule has 0 radical (unpaired) electrons. The molecule has 0 atom stereocenters. The highest BCUT2D eigenvalue weighted by Gasteiger charge is 2.31. The lowest BCUT2D eigenvalue weighted by molar-refractivity contribution is 0.313. The summed E-state index contributed by atoms with van der Waals surface area (Å²) in [4.78, 5) is 8.93. The predicted octanol–water partition coefficient (Wildman–Crippen LogP) is 2.80. The van der Waals surface area contributed by atoms with E-state index in [1.807, 2.05) is 13.0 Å². The fourth-order valence-corrected chi connectivity index (χ4v) is 4.74. The van der Waals surface area contributed by atoms with Crippen LogP contribution in [0.4, 0.5) is 4.39 Å². The fraction of sp³-hybridized carbons (Fsp3) is 0.412. The van der Waals surface area contributed by atoms with Crippen LogP contribution in [0.15, 0.2) is 35.4 Å². The first kappa shape index (κ1) is 17.0. The molecule has 2 aromatic rings. The van der Waals surface area contributed by atoms with E-state index in [-0.39, 0.29) is 10.8 Å². The lowest BCUT2D eigenvalue weighted by Crippen LogP contribution is -2.38. The van der Waals surface area contributed by atoms with E-state index in [1.54, 1.807) is 13.1 Å². The molecule has 0 spiro atoms. The van der Waals surface area contributed by atoms with Crippen LogP contribution in [-0.4, -0.2) is 35.8 Å². The van der Waals surface area contributed by atoms with E-state index >= 15 is 0 Å². The van der Waals surface area contributed by atoms with Gasteiger partial charge in [-0.1, -0.05) is 0 Å². The van der Waals surface area contributed by atoms with Crippen molar-refractivity contribution in [2.45, 2.75) is 37.5 Å². The predicted molar refractivity (Wildman–Crippen MR) is 88.6 cm³/mol. The Labute approximate surface area is 141 Å². The highest BCUT2D eigenvalue weighted by molar-refractivity contribution is 7.89. The van der Waals surface area contributed by atoms with Crippen LogP contribution in [0.2, 0.25) is 0 Å². The smallest absolute Gasteiger partial charge is 0.241 e. The van der Waals surface area contributed by atoms with Crippen molar-refractivity contribution in [1.82, 2.24) is 14.3 Å². The summed E-state index contributed by atoms with van der Waals surface area (Å²) >= 11 is 0. The Morgan fingerprint density at radius 2 is 1.88 bits per heavy atom. The van der Waals surface area contributed by atoms with Crippen molar-refractivity contribution in [3.05, 3.63) is 53.4 Å². The number of piperidine rings is 1. The highest BCUT2D eigenvalue weighted by Crippen LogP contribution is 2.30. The summed E-state index contributed by atoms with van der Waals surface area (Å²) in [7, 11) is -3.60. The maximum Gasteiger partial charge on any atom is 0.243 e. The van der Waals surface area contributed by atoms with Crippen LogP contribution in [-0.2, 0) is 10.0 Å². The van der Waals surface area contributed by atoms with Crippen molar-refractivity contribution < 1.29 is 12.8 Å². The second kappa shape index (κ2) is 6.57. The second-order valence-electron chi connectivity index (χ2n) is 6.14. The largest absolute Gasteiger partial charge is 0.243 e. The maximum atomic E-state index is 13.2. The molecule has 0 N–H and O–H groups in total. The van der Waals surface area contributed by atoms with Gasteiger partial charge in [0.2, 0.25) is 10.0 Å². The second-order valence-corrected chi connectivity index (χ2v) is 8.05. The Morgan fingerprint density at radius 1 is 1.17 bits per heavy atom. The molecule has 1 aromatic carbocycles. The van der Waals surface area contributed by atoms with E-state index in [9.17, 15) is 12.8 Å². The number of sulfonamides is 1. The van der Waals surface area contributed by atoms with Crippen molar-refractivity contribution in [3.8, 4) is 0 Å².